The van der Waals surface area contributed by atoms with Crippen LogP contribution < -0.4 is 0 Å². The second-order valence-corrected chi connectivity index (χ2v) is 6.64. The van der Waals surface area contributed by atoms with Crippen LogP contribution in [0.15, 0.2) is 0 Å². The van der Waals surface area contributed by atoms with Crippen molar-refractivity contribution >= 4 is 5.91 Å². The molecule has 0 aromatic heterocycles. The molecule has 2 nitrogen and oxygen atoms in total. The summed E-state index contributed by atoms with van der Waals surface area (Å²) in [5.41, 5.74) is -0.222. The van der Waals surface area contributed by atoms with E-state index in [9.17, 15) is 4.79 Å². The van der Waals surface area contributed by atoms with Crippen molar-refractivity contribution < 1.29 is 4.79 Å². The first-order chi connectivity index (χ1) is 7.30. The Morgan fingerprint density at radius 3 is 2.50 bits per heavy atom. The number of carbonyl (C=O) groups is 1. The average molecular weight is 225 g/mol. The molecule has 1 aliphatic rings. The molecule has 0 unspecified atom stereocenters. The van der Waals surface area contributed by atoms with Gasteiger partial charge in [0.25, 0.3) is 0 Å². The van der Waals surface area contributed by atoms with E-state index in [0.717, 1.165) is 24.9 Å². The summed E-state index contributed by atoms with van der Waals surface area (Å²) in [5.74, 6) is 1.79. The van der Waals surface area contributed by atoms with Crippen LogP contribution >= 0.6 is 0 Å². The largest absolute Gasteiger partial charge is 0.342 e. The van der Waals surface area contributed by atoms with Crippen molar-refractivity contribution in [3.8, 4) is 0 Å². The molecule has 0 spiro atoms. The normalized spacial score (nSPS) is 22.6. The molecule has 16 heavy (non-hydrogen) atoms. The van der Waals surface area contributed by atoms with Crippen molar-refractivity contribution in [2.24, 2.45) is 17.3 Å². The van der Waals surface area contributed by atoms with Crippen LogP contribution in [0.3, 0.4) is 0 Å². The van der Waals surface area contributed by atoms with Crippen LogP contribution in [-0.4, -0.2) is 23.9 Å². The minimum absolute atomic E-state index is 0.222. The summed E-state index contributed by atoms with van der Waals surface area (Å²) in [6, 6.07) is 0. The highest BCUT2D eigenvalue weighted by Crippen LogP contribution is 2.26. The molecule has 0 N–H and O–H groups in total. The Bertz CT molecular complexity index is 240. The van der Waals surface area contributed by atoms with Gasteiger partial charge in [0, 0.05) is 18.5 Å². The molecule has 94 valence electrons. The molecule has 1 aliphatic heterocycles. The predicted octanol–water partition coefficient (Wildman–Crippen LogP) is 3.32. The van der Waals surface area contributed by atoms with E-state index in [0.29, 0.717) is 5.91 Å². The highest BCUT2D eigenvalue weighted by atomic mass is 16.2. The van der Waals surface area contributed by atoms with Gasteiger partial charge in [0.2, 0.25) is 5.91 Å². The Morgan fingerprint density at radius 2 is 2.00 bits per heavy atom. The lowest BCUT2D eigenvalue weighted by atomic mass is 9.87. The summed E-state index contributed by atoms with van der Waals surface area (Å²) < 4.78 is 0. The van der Waals surface area contributed by atoms with Gasteiger partial charge >= 0.3 is 0 Å². The van der Waals surface area contributed by atoms with Crippen LogP contribution in [-0.2, 0) is 4.79 Å². The third kappa shape index (κ3) is 3.80. The Morgan fingerprint density at radius 1 is 1.38 bits per heavy atom. The van der Waals surface area contributed by atoms with Gasteiger partial charge in [0.15, 0.2) is 0 Å². The van der Waals surface area contributed by atoms with Crippen LogP contribution in [0.5, 0.6) is 0 Å². The maximum absolute atomic E-state index is 12.2. The summed E-state index contributed by atoms with van der Waals surface area (Å²) in [5, 5.41) is 0. The second kappa shape index (κ2) is 5.20. The minimum Gasteiger partial charge on any atom is -0.342 e. The fourth-order valence-corrected chi connectivity index (χ4v) is 2.58. The van der Waals surface area contributed by atoms with Gasteiger partial charge in [0.1, 0.15) is 0 Å². The van der Waals surface area contributed by atoms with Crippen molar-refractivity contribution in [3.63, 3.8) is 0 Å². The van der Waals surface area contributed by atoms with Gasteiger partial charge in [-0.1, -0.05) is 34.6 Å². The van der Waals surface area contributed by atoms with Crippen molar-refractivity contribution in [1.29, 1.82) is 0 Å². The molecule has 1 amide bonds. The van der Waals surface area contributed by atoms with Crippen molar-refractivity contribution in [3.05, 3.63) is 0 Å². The number of likely N-dealkylation sites (tertiary alicyclic amines) is 1. The molecular weight excluding hydrogens is 198 g/mol. The predicted molar refractivity (Wildman–Crippen MR) is 68.2 cm³/mol. The number of hydrogen-bond acceptors (Lipinski definition) is 1. The summed E-state index contributed by atoms with van der Waals surface area (Å²) >= 11 is 0. The van der Waals surface area contributed by atoms with Gasteiger partial charge in [-0.05, 0) is 31.1 Å². The topological polar surface area (TPSA) is 20.3 Å². The maximum atomic E-state index is 12.2. The molecule has 2 heteroatoms. The van der Waals surface area contributed by atoms with E-state index in [1.807, 2.05) is 20.8 Å². The molecule has 0 aromatic rings. The highest BCUT2D eigenvalue weighted by Gasteiger charge is 2.30. The number of amides is 1. The fourth-order valence-electron chi connectivity index (χ4n) is 2.58. The molecule has 0 radical (unpaired) electrons. The Hall–Kier alpha value is -0.530. The monoisotopic (exact) mass is 225 g/mol. The van der Waals surface area contributed by atoms with Crippen molar-refractivity contribution in [1.82, 2.24) is 4.90 Å². The molecule has 0 bridgehead atoms. The first kappa shape index (κ1) is 13.5. The Balaban J connectivity index is 2.54. The van der Waals surface area contributed by atoms with Crippen LogP contribution in [0.1, 0.15) is 53.9 Å². The number of nitrogens with zero attached hydrogens (tertiary/aromatic N) is 1. The van der Waals surface area contributed by atoms with E-state index in [-0.39, 0.29) is 5.41 Å². The molecule has 1 rings (SSSR count). The standard InChI is InChI=1S/C14H27NO/c1-11(2)9-12-7-6-8-15(10-12)13(16)14(3,4)5/h11-12H,6-10H2,1-5H3/t12-/m1/s1. The van der Waals surface area contributed by atoms with Crippen LogP contribution in [0.2, 0.25) is 0 Å². The molecule has 0 saturated carbocycles. The van der Waals surface area contributed by atoms with Gasteiger partial charge in [-0.15, -0.1) is 0 Å². The summed E-state index contributed by atoms with van der Waals surface area (Å²) in [7, 11) is 0. The Kier molecular flexibility index (Phi) is 4.40. The quantitative estimate of drug-likeness (QED) is 0.706. The SMILES string of the molecule is CC(C)C[C@H]1CCCN(C(=O)C(C)(C)C)C1. The smallest absolute Gasteiger partial charge is 0.227 e. The molecule has 0 aromatic carbocycles. The van der Waals surface area contributed by atoms with E-state index < -0.39 is 0 Å². The number of carbonyl (C=O) groups excluding carboxylic acids is 1. The zero-order valence-corrected chi connectivity index (χ0v) is 11.5. The molecule has 1 heterocycles. The minimum atomic E-state index is -0.222. The third-order valence-electron chi connectivity index (χ3n) is 3.25. The first-order valence-corrected chi connectivity index (χ1v) is 6.60. The summed E-state index contributed by atoms with van der Waals surface area (Å²) in [6.45, 7) is 12.5. The van der Waals surface area contributed by atoms with Gasteiger partial charge in [0.05, 0.1) is 0 Å². The van der Waals surface area contributed by atoms with E-state index in [2.05, 4.69) is 18.7 Å². The first-order valence-electron chi connectivity index (χ1n) is 6.60. The van der Waals surface area contributed by atoms with Crippen LogP contribution in [0.4, 0.5) is 0 Å². The fraction of sp³-hybridized carbons (Fsp3) is 0.929. The Labute approximate surface area is 100 Å². The van der Waals surface area contributed by atoms with Crippen molar-refractivity contribution in [2.45, 2.75) is 53.9 Å². The lowest BCUT2D eigenvalue weighted by molar-refractivity contribution is -0.141. The maximum Gasteiger partial charge on any atom is 0.227 e. The lowest BCUT2D eigenvalue weighted by Gasteiger charge is -2.37. The van der Waals surface area contributed by atoms with E-state index in [1.54, 1.807) is 0 Å². The molecule has 1 fully saturated rings. The molecule has 0 aliphatic carbocycles. The number of hydrogen-bond donors (Lipinski definition) is 0. The van der Waals surface area contributed by atoms with Crippen molar-refractivity contribution in [2.75, 3.05) is 13.1 Å². The van der Waals surface area contributed by atoms with E-state index in [4.69, 9.17) is 0 Å². The lowest BCUT2D eigenvalue weighted by Crippen LogP contribution is -2.45. The summed E-state index contributed by atoms with van der Waals surface area (Å²) in [4.78, 5) is 14.3. The van der Waals surface area contributed by atoms with Crippen LogP contribution in [0.25, 0.3) is 0 Å². The molecule has 1 atom stereocenters. The van der Waals surface area contributed by atoms with E-state index in [1.165, 1.54) is 19.3 Å². The average Bonchev–Trinajstić information content (AvgIpc) is 2.14. The van der Waals surface area contributed by atoms with Crippen LogP contribution in [0, 0.1) is 17.3 Å². The molecular formula is C14H27NO. The summed E-state index contributed by atoms with van der Waals surface area (Å²) in [6.07, 6.45) is 3.74. The van der Waals surface area contributed by atoms with Gasteiger partial charge in [-0.2, -0.15) is 0 Å². The highest BCUT2D eigenvalue weighted by molar-refractivity contribution is 5.81. The van der Waals surface area contributed by atoms with E-state index >= 15 is 0 Å². The number of piperidine rings is 1. The number of rotatable bonds is 2. The molecule has 1 saturated heterocycles. The zero-order chi connectivity index (χ0) is 12.3. The van der Waals surface area contributed by atoms with Gasteiger partial charge in [-0.3, -0.25) is 4.79 Å². The van der Waals surface area contributed by atoms with Gasteiger partial charge in [-0.25, -0.2) is 0 Å². The van der Waals surface area contributed by atoms with Gasteiger partial charge < -0.3 is 4.90 Å². The zero-order valence-electron chi connectivity index (χ0n) is 11.5. The second-order valence-electron chi connectivity index (χ2n) is 6.64. The third-order valence-corrected chi connectivity index (χ3v) is 3.25.